The Balaban J connectivity index is 2.11. The first-order valence-corrected chi connectivity index (χ1v) is 7.99. The molecule has 1 aromatic carbocycles. The standard InChI is InChI=1S/C19H12N4O6/c20-8-10-2-1-7-22-17(10)29-11-5-3-9(4-6-11)12-13(18(25)26)15(21)23-16(24)14(12)19(27)28/h1-7H,(H,25,26)(H,27,28)(H3,21,23,24). The first kappa shape index (κ1) is 19.1. The molecule has 0 fully saturated rings. The number of nitrogens with one attached hydrogen (secondary N) is 1. The maximum Gasteiger partial charge on any atom is 0.342 e. The molecule has 0 saturated carbocycles. The number of pyridine rings is 2. The van der Waals surface area contributed by atoms with E-state index in [2.05, 4.69) is 4.98 Å². The number of hydrogen-bond acceptors (Lipinski definition) is 7. The summed E-state index contributed by atoms with van der Waals surface area (Å²) >= 11 is 0. The van der Waals surface area contributed by atoms with Crippen LogP contribution in [0.4, 0.5) is 5.82 Å². The summed E-state index contributed by atoms with van der Waals surface area (Å²) in [5.74, 6) is -3.23. The van der Waals surface area contributed by atoms with Gasteiger partial charge in [0, 0.05) is 11.8 Å². The minimum absolute atomic E-state index is 0.0700. The molecule has 0 atom stereocenters. The zero-order chi connectivity index (χ0) is 21.1. The highest BCUT2D eigenvalue weighted by Crippen LogP contribution is 2.31. The molecule has 2 aromatic heterocycles. The summed E-state index contributed by atoms with van der Waals surface area (Å²) in [5.41, 5.74) is 3.31. The van der Waals surface area contributed by atoms with Gasteiger partial charge in [0.1, 0.15) is 34.3 Å². The summed E-state index contributed by atoms with van der Waals surface area (Å²) in [6, 6.07) is 10.6. The Morgan fingerprint density at radius 2 is 1.76 bits per heavy atom. The molecule has 0 radical (unpaired) electrons. The van der Waals surface area contributed by atoms with Gasteiger partial charge >= 0.3 is 11.9 Å². The van der Waals surface area contributed by atoms with Gasteiger partial charge in [0.25, 0.3) is 5.56 Å². The molecule has 29 heavy (non-hydrogen) atoms. The van der Waals surface area contributed by atoms with Gasteiger partial charge in [-0.25, -0.2) is 14.6 Å². The van der Waals surface area contributed by atoms with Crippen LogP contribution < -0.4 is 16.0 Å². The maximum atomic E-state index is 12.1. The summed E-state index contributed by atoms with van der Waals surface area (Å²) in [7, 11) is 0. The van der Waals surface area contributed by atoms with E-state index in [1.165, 1.54) is 36.5 Å². The normalized spacial score (nSPS) is 10.2. The van der Waals surface area contributed by atoms with Crippen molar-refractivity contribution in [2.24, 2.45) is 0 Å². The fraction of sp³-hybridized carbons (Fsp3) is 0. The number of aromatic amines is 1. The first-order valence-electron chi connectivity index (χ1n) is 7.99. The second-order valence-electron chi connectivity index (χ2n) is 5.70. The van der Waals surface area contributed by atoms with Crippen LogP contribution in [0.25, 0.3) is 11.1 Å². The van der Waals surface area contributed by atoms with Crippen molar-refractivity contribution in [3.8, 4) is 28.8 Å². The number of nitriles is 1. The Kier molecular flexibility index (Phi) is 4.97. The Labute approximate surface area is 162 Å². The Morgan fingerprint density at radius 3 is 2.34 bits per heavy atom. The summed E-state index contributed by atoms with van der Waals surface area (Å²) < 4.78 is 5.54. The molecule has 10 heteroatoms. The molecular formula is C19H12N4O6. The number of ether oxygens (including phenoxy) is 1. The fourth-order valence-electron chi connectivity index (χ4n) is 2.69. The van der Waals surface area contributed by atoms with E-state index >= 15 is 0 Å². The van der Waals surface area contributed by atoms with Crippen molar-refractivity contribution in [1.29, 1.82) is 5.26 Å². The number of carbonyl (C=O) groups is 2. The molecule has 0 amide bonds. The van der Waals surface area contributed by atoms with Crippen LogP contribution in [-0.2, 0) is 0 Å². The SMILES string of the molecule is N#Cc1cccnc1Oc1ccc(-c2c(C(=O)O)c(N)[nH]c(=O)c2C(=O)O)cc1. The van der Waals surface area contributed by atoms with Crippen molar-refractivity contribution in [1.82, 2.24) is 9.97 Å². The van der Waals surface area contributed by atoms with Gasteiger partial charge < -0.3 is 25.7 Å². The molecule has 0 aliphatic rings. The Morgan fingerprint density at radius 1 is 1.10 bits per heavy atom. The van der Waals surface area contributed by atoms with Crippen LogP contribution in [0.5, 0.6) is 11.6 Å². The number of benzene rings is 1. The van der Waals surface area contributed by atoms with Gasteiger partial charge in [-0.1, -0.05) is 12.1 Å². The van der Waals surface area contributed by atoms with Gasteiger partial charge in [-0.3, -0.25) is 4.79 Å². The lowest BCUT2D eigenvalue weighted by molar-refractivity contribution is 0.0695. The molecule has 0 aliphatic heterocycles. The van der Waals surface area contributed by atoms with E-state index in [0.29, 0.717) is 0 Å². The van der Waals surface area contributed by atoms with E-state index in [0.717, 1.165) is 0 Å². The topological polar surface area (TPSA) is 179 Å². The number of carboxylic acids is 2. The van der Waals surface area contributed by atoms with Gasteiger partial charge in [0.2, 0.25) is 5.88 Å². The lowest BCUT2D eigenvalue weighted by atomic mass is 9.95. The Bertz CT molecular complexity index is 1220. The third kappa shape index (κ3) is 3.60. The number of nitrogens with zero attached hydrogens (tertiary/aromatic N) is 2. The minimum atomic E-state index is -1.60. The predicted molar refractivity (Wildman–Crippen MR) is 99.9 cm³/mol. The van der Waals surface area contributed by atoms with E-state index in [4.69, 9.17) is 15.7 Å². The van der Waals surface area contributed by atoms with Crippen LogP contribution in [0.2, 0.25) is 0 Å². The molecule has 3 rings (SSSR count). The molecule has 3 aromatic rings. The van der Waals surface area contributed by atoms with Crippen LogP contribution in [-0.4, -0.2) is 32.1 Å². The molecule has 0 bridgehead atoms. The number of aromatic nitrogens is 2. The fourth-order valence-corrected chi connectivity index (χ4v) is 2.69. The number of rotatable bonds is 5. The summed E-state index contributed by atoms with van der Waals surface area (Å²) in [4.78, 5) is 41.2. The Hall–Kier alpha value is -4.65. The highest BCUT2D eigenvalue weighted by molar-refractivity contribution is 6.07. The van der Waals surface area contributed by atoms with Crippen molar-refractivity contribution < 1.29 is 24.5 Å². The molecule has 2 heterocycles. The number of aromatic carboxylic acids is 2. The zero-order valence-electron chi connectivity index (χ0n) is 14.5. The van der Waals surface area contributed by atoms with Crippen molar-refractivity contribution in [3.05, 3.63) is 69.6 Å². The second kappa shape index (κ2) is 7.53. The lowest BCUT2D eigenvalue weighted by Gasteiger charge is -2.13. The summed E-state index contributed by atoms with van der Waals surface area (Å²) in [6.07, 6.45) is 1.45. The highest BCUT2D eigenvalue weighted by atomic mass is 16.5. The third-order valence-electron chi connectivity index (χ3n) is 3.92. The van der Waals surface area contributed by atoms with Gasteiger partial charge in [-0.05, 0) is 29.8 Å². The van der Waals surface area contributed by atoms with Gasteiger partial charge in [0.05, 0.1) is 0 Å². The number of hydrogen-bond donors (Lipinski definition) is 4. The number of carboxylic acid groups (broad SMARTS) is 2. The van der Waals surface area contributed by atoms with Crippen LogP contribution in [0, 0.1) is 11.3 Å². The van der Waals surface area contributed by atoms with Gasteiger partial charge in [-0.2, -0.15) is 5.26 Å². The zero-order valence-corrected chi connectivity index (χ0v) is 14.5. The van der Waals surface area contributed by atoms with Gasteiger partial charge in [0.15, 0.2) is 0 Å². The minimum Gasteiger partial charge on any atom is -0.478 e. The molecule has 10 nitrogen and oxygen atoms in total. The van der Waals surface area contributed by atoms with Crippen molar-refractivity contribution in [2.75, 3.05) is 5.73 Å². The van der Waals surface area contributed by atoms with Crippen LogP contribution in [0.15, 0.2) is 47.4 Å². The summed E-state index contributed by atoms with van der Waals surface area (Å²) in [6.45, 7) is 0. The number of H-pyrrole nitrogens is 1. The number of nitrogen functional groups attached to an aromatic ring is 1. The van der Waals surface area contributed by atoms with Crippen molar-refractivity contribution in [2.45, 2.75) is 0 Å². The molecule has 0 saturated heterocycles. The highest BCUT2D eigenvalue weighted by Gasteiger charge is 2.26. The molecule has 0 aliphatic carbocycles. The second-order valence-corrected chi connectivity index (χ2v) is 5.70. The largest absolute Gasteiger partial charge is 0.478 e. The maximum absolute atomic E-state index is 12.1. The average Bonchev–Trinajstić information content (AvgIpc) is 2.67. The van der Waals surface area contributed by atoms with Crippen molar-refractivity contribution >= 4 is 17.8 Å². The molecule has 5 N–H and O–H groups in total. The molecule has 0 spiro atoms. The average molecular weight is 392 g/mol. The van der Waals surface area contributed by atoms with Crippen LogP contribution in [0.1, 0.15) is 26.3 Å². The van der Waals surface area contributed by atoms with E-state index in [1.807, 2.05) is 11.1 Å². The van der Waals surface area contributed by atoms with E-state index < -0.39 is 34.4 Å². The summed E-state index contributed by atoms with van der Waals surface area (Å²) in [5, 5.41) is 27.9. The smallest absolute Gasteiger partial charge is 0.342 e. The monoisotopic (exact) mass is 392 g/mol. The quantitative estimate of drug-likeness (QED) is 0.505. The number of nitrogens with two attached hydrogens (primary N) is 1. The predicted octanol–water partition coefficient (Wildman–Crippen LogP) is 2.08. The van der Waals surface area contributed by atoms with E-state index in [9.17, 15) is 24.6 Å². The van der Waals surface area contributed by atoms with Gasteiger partial charge in [-0.15, -0.1) is 0 Å². The molecule has 144 valence electrons. The van der Waals surface area contributed by atoms with Crippen LogP contribution in [0.3, 0.4) is 0 Å². The van der Waals surface area contributed by atoms with Crippen molar-refractivity contribution in [3.63, 3.8) is 0 Å². The van der Waals surface area contributed by atoms with E-state index in [1.54, 1.807) is 6.07 Å². The van der Waals surface area contributed by atoms with Crippen LogP contribution >= 0.6 is 0 Å². The molecule has 0 unspecified atom stereocenters. The van der Waals surface area contributed by atoms with E-state index in [-0.39, 0.29) is 28.3 Å². The lowest BCUT2D eigenvalue weighted by Crippen LogP contribution is -2.24. The first-order chi connectivity index (χ1) is 13.8. The molecular weight excluding hydrogens is 380 g/mol. The number of anilines is 1. The third-order valence-corrected chi connectivity index (χ3v) is 3.92.